The molecule has 1 aromatic heterocycles. The first-order valence-electron chi connectivity index (χ1n) is 5.88. The minimum atomic E-state index is -7.26. The van der Waals surface area contributed by atoms with E-state index in [1.165, 1.54) is 0 Å². The number of rotatable bonds is 5. The van der Waals surface area contributed by atoms with Crippen LogP contribution in [0.4, 0.5) is 54.1 Å². The number of ether oxygens (including phenoxy) is 1. The van der Waals surface area contributed by atoms with E-state index in [-0.39, 0.29) is 5.76 Å². The number of nitrogens with zero attached hydrogens (tertiary/aromatic N) is 1. The number of aromatic nitrogens is 1. The average Bonchev–Trinajstić information content (AvgIpc) is 2.80. The van der Waals surface area contributed by atoms with Gasteiger partial charge < -0.3 is 9.84 Å². The van der Waals surface area contributed by atoms with Gasteiger partial charge in [0.1, 0.15) is 5.76 Å². The van der Waals surface area contributed by atoms with Gasteiger partial charge in [0, 0.05) is 6.07 Å². The molecule has 0 aromatic carbocycles. The number of halogens is 11. The van der Waals surface area contributed by atoms with Crippen LogP contribution in [0.25, 0.3) is 0 Å². The quantitative estimate of drug-likeness (QED) is 0.747. The van der Waals surface area contributed by atoms with Gasteiger partial charge in [-0.1, -0.05) is 5.16 Å². The first-order valence-corrected chi connectivity index (χ1v) is 5.88. The molecule has 150 valence electrons. The molecule has 1 rings (SSSR count). The summed E-state index contributed by atoms with van der Waals surface area (Å²) in [6, 6.07) is 0.650. The van der Waals surface area contributed by atoms with Crippen molar-refractivity contribution < 1.29 is 62.3 Å². The highest BCUT2D eigenvalue weighted by molar-refractivity contribution is 5.96. The maximum Gasteiger partial charge on any atom is 0.462 e. The fourth-order valence-electron chi connectivity index (χ4n) is 1.26. The summed E-state index contributed by atoms with van der Waals surface area (Å²) in [6.07, 6.45) is -21.0. The van der Waals surface area contributed by atoms with E-state index >= 15 is 0 Å². The van der Waals surface area contributed by atoms with Crippen LogP contribution in [0.3, 0.4) is 0 Å². The van der Waals surface area contributed by atoms with Crippen molar-refractivity contribution in [1.82, 2.24) is 5.16 Å². The second-order valence-corrected chi connectivity index (χ2v) is 4.56. The molecular formula is C10H5F11N2O3. The van der Waals surface area contributed by atoms with Crippen molar-refractivity contribution in [3.8, 4) is 0 Å². The average molecular weight is 410 g/mol. The van der Waals surface area contributed by atoms with E-state index in [0.29, 0.717) is 6.07 Å². The van der Waals surface area contributed by atoms with E-state index in [2.05, 4.69) is 14.4 Å². The Morgan fingerprint density at radius 1 is 1.00 bits per heavy atom. The van der Waals surface area contributed by atoms with Crippen molar-refractivity contribution in [3.05, 3.63) is 11.8 Å². The molecule has 0 saturated carbocycles. The summed E-state index contributed by atoms with van der Waals surface area (Å²) in [5, 5.41) is 3.72. The summed E-state index contributed by atoms with van der Waals surface area (Å²) in [7, 11) is 0. The number of amides is 1. The molecule has 1 unspecified atom stereocenters. The second kappa shape index (κ2) is 6.24. The highest BCUT2D eigenvalue weighted by Crippen LogP contribution is 2.51. The standard InChI is InChI=1S/C10H5F11N2O3/c1-3-2-4(23-25-3)22-5(24)6(11,8(14,15)16)26-10(20,21)7(12,13)9(17,18)19/h2H,1H3,(H,22,23,24). The van der Waals surface area contributed by atoms with Gasteiger partial charge in [-0.2, -0.15) is 48.3 Å². The Hall–Kier alpha value is -2.13. The number of anilines is 1. The zero-order valence-corrected chi connectivity index (χ0v) is 11.9. The van der Waals surface area contributed by atoms with E-state index in [0.717, 1.165) is 12.2 Å². The van der Waals surface area contributed by atoms with Gasteiger partial charge in [-0.15, -0.1) is 0 Å². The number of aryl methyl sites for hydroxylation is 1. The first-order chi connectivity index (χ1) is 11.3. The van der Waals surface area contributed by atoms with Crippen LogP contribution in [0, 0.1) is 6.92 Å². The van der Waals surface area contributed by atoms with Gasteiger partial charge in [-0.05, 0) is 6.92 Å². The third-order valence-corrected chi connectivity index (χ3v) is 2.52. The highest BCUT2D eigenvalue weighted by Gasteiger charge is 2.79. The van der Waals surface area contributed by atoms with E-state index in [9.17, 15) is 53.1 Å². The molecule has 0 aliphatic heterocycles. The van der Waals surface area contributed by atoms with Crippen LogP contribution < -0.4 is 5.32 Å². The molecule has 0 aliphatic rings. The second-order valence-electron chi connectivity index (χ2n) is 4.56. The summed E-state index contributed by atoms with van der Waals surface area (Å²) in [4.78, 5) is 11.3. The van der Waals surface area contributed by atoms with Crippen molar-refractivity contribution in [2.75, 3.05) is 5.32 Å². The molecule has 1 aromatic rings. The van der Waals surface area contributed by atoms with Gasteiger partial charge in [0.25, 0.3) is 0 Å². The molecule has 1 atom stereocenters. The lowest BCUT2D eigenvalue weighted by Gasteiger charge is -2.33. The Kier molecular flexibility index (Phi) is 5.26. The lowest BCUT2D eigenvalue weighted by atomic mass is 10.2. The van der Waals surface area contributed by atoms with Gasteiger partial charge in [-0.25, -0.2) is 0 Å². The summed E-state index contributed by atoms with van der Waals surface area (Å²) in [5.74, 6) is -17.9. The smallest absolute Gasteiger partial charge is 0.360 e. The van der Waals surface area contributed by atoms with E-state index in [1.807, 2.05) is 0 Å². The van der Waals surface area contributed by atoms with Gasteiger partial charge >= 0.3 is 36.1 Å². The number of carbonyl (C=O) groups is 1. The zero-order chi connectivity index (χ0) is 20.8. The van der Waals surface area contributed by atoms with Crippen LogP contribution in [0.1, 0.15) is 5.76 Å². The predicted molar refractivity (Wildman–Crippen MR) is 56.8 cm³/mol. The van der Waals surface area contributed by atoms with E-state index < -0.39 is 42.0 Å². The van der Waals surface area contributed by atoms with Crippen LogP contribution >= 0.6 is 0 Å². The summed E-state index contributed by atoms with van der Waals surface area (Å²) in [5.41, 5.74) is 0. The van der Waals surface area contributed by atoms with Crippen molar-refractivity contribution in [1.29, 1.82) is 0 Å². The Balaban J connectivity index is 3.26. The Bertz CT molecular complexity index is 666. The Morgan fingerprint density at radius 3 is 1.85 bits per heavy atom. The monoisotopic (exact) mass is 410 g/mol. The molecule has 26 heavy (non-hydrogen) atoms. The van der Waals surface area contributed by atoms with Crippen molar-refractivity contribution in [3.63, 3.8) is 0 Å². The number of hydrogen-bond donors (Lipinski definition) is 1. The van der Waals surface area contributed by atoms with Gasteiger partial charge in [0.2, 0.25) is 0 Å². The maximum atomic E-state index is 13.8. The summed E-state index contributed by atoms with van der Waals surface area (Å²) >= 11 is 0. The van der Waals surface area contributed by atoms with Gasteiger partial charge in [0.15, 0.2) is 5.82 Å². The molecule has 1 amide bonds. The number of hydrogen-bond acceptors (Lipinski definition) is 4. The molecule has 0 radical (unpaired) electrons. The Morgan fingerprint density at radius 2 is 1.50 bits per heavy atom. The predicted octanol–water partition coefficient (Wildman–Crippen LogP) is 3.96. The molecule has 16 heteroatoms. The largest absolute Gasteiger partial charge is 0.462 e. The highest BCUT2D eigenvalue weighted by atomic mass is 19.4. The van der Waals surface area contributed by atoms with E-state index in [4.69, 9.17) is 0 Å². The fraction of sp³-hybridized carbons (Fsp3) is 0.600. The van der Waals surface area contributed by atoms with Crippen molar-refractivity contribution in [2.24, 2.45) is 0 Å². The molecule has 0 spiro atoms. The third kappa shape index (κ3) is 3.83. The maximum absolute atomic E-state index is 13.8. The van der Waals surface area contributed by atoms with E-state index in [1.54, 1.807) is 0 Å². The fourth-order valence-corrected chi connectivity index (χ4v) is 1.26. The molecular weight excluding hydrogens is 405 g/mol. The van der Waals surface area contributed by atoms with Gasteiger partial charge in [0.05, 0.1) is 0 Å². The molecule has 1 heterocycles. The Labute approximate surface area is 135 Å². The van der Waals surface area contributed by atoms with Crippen LogP contribution in [0.2, 0.25) is 0 Å². The minimum absolute atomic E-state index is 0.174. The van der Waals surface area contributed by atoms with Crippen LogP contribution in [0.15, 0.2) is 10.6 Å². The van der Waals surface area contributed by atoms with Crippen LogP contribution in [0.5, 0.6) is 0 Å². The topological polar surface area (TPSA) is 64.4 Å². The third-order valence-electron chi connectivity index (χ3n) is 2.52. The molecule has 0 bridgehead atoms. The molecule has 0 saturated heterocycles. The minimum Gasteiger partial charge on any atom is -0.360 e. The molecule has 1 N–H and O–H groups in total. The molecule has 0 fully saturated rings. The normalized spacial score (nSPS) is 16.3. The van der Waals surface area contributed by atoms with Gasteiger partial charge in [-0.3, -0.25) is 9.53 Å². The number of carbonyl (C=O) groups excluding carboxylic acids is 1. The lowest BCUT2D eigenvalue weighted by molar-refractivity contribution is -0.472. The van der Waals surface area contributed by atoms with Crippen LogP contribution in [-0.4, -0.2) is 41.3 Å². The summed E-state index contributed by atoms with van der Waals surface area (Å²) < 4.78 is 145. The number of nitrogens with one attached hydrogen (secondary N) is 1. The van der Waals surface area contributed by atoms with Crippen molar-refractivity contribution >= 4 is 11.7 Å². The number of alkyl halides is 11. The van der Waals surface area contributed by atoms with Crippen molar-refractivity contribution in [2.45, 2.75) is 37.2 Å². The molecule has 0 aliphatic carbocycles. The summed E-state index contributed by atoms with van der Waals surface area (Å²) in [6.45, 7) is 1.13. The SMILES string of the molecule is Cc1cc(NC(=O)C(F)(OC(F)(F)C(F)(F)C(F)(F)F)C(F)(F)F)no1. The first kappa shape index (κ1) is 21.9. The zero-order valence-electron chi connectivity index (χ0n) is 11.9. The molecule has 5 nitrogen and oxygen atoms in total. The lowest BCUT2D eigenvalue weighted by Crippen LogP contribution is -2.62. The van der Waals surface area contributed by atoms with Crippen LogP contribution in [-0.2, 0) is 9.53 Å².